The molecule has 0 saturated carbocycles. The molecule has 6 nitrogen and oxygen atoms in total. The van der Waals surface area contributed by atoms with E-state index >= 15 is 0 Å². The zero-order valence-electron chi connectivity index (χ0n) is 21.2. The van der Waals surface area contributed by atoms with Crippen LogP contribution in [0, 0.1) is 0 Å². The lowest BCUT2D eigenvalue weighted by Gasteiger charge is -2.35. The van der Waals surface area contributed by atoms with Gasteiger partial charge in [-0.2, -0.15) is 0 Å². The highest BCUT2D eigenvalue weighted by Crippen LogP contribution is 2.21. The Labute approximate surface area is 223 Å². The molecule has 0 unspecified atom stereocenters. The lowest BCUT2D eigenvalue weighted by molar-refractivity contribution is 0.0628. The fraction of sp³-hybridized carbons (Fsp3) is 0.188. The highest BCUT2D eigenvalue weighted by molar-refractivity contribution is 5.95. The van der Waals surface area contributed by atoms with Gasteiger partial charge in [0.05, 0.1) is 0 Å². The van der Waals surface area contributed by atoms with Gasteiger partial charge < -0.3 is 15.3 Å². The van der Waals surface area contributed by atoms with Gasteiger partial charge >= 0.3 is 0 Å². The molecule has 0 radical (unpaired) electrons. The Morgan fingerprint density at radius 2 is 1.39 bits per heavy atom. The first-order chi connectivity index (χ1) is 18.5. The van der Waals surface area contributed by atoms with Crippen LogP contribution in [-0.2, 0) is 13.1 Å². The Morgan fingerprint density at radius 3 is 2.13 bits per heavy atom. The number of nitrogens with zero attached hydrogens (tertiary/aromatic N) is 2. The van der Waals surface area contributed by atoms with Gasteiger partial charge in [0.25, 0.3) is 11.8 Å². The number of hydrogen-bond donors (Lipinski definition) is 2. The molecule has 5 rings (SSSR count). The number of carbonyl (C=O) groups excluding carboxylic acids is 2. The van der Waals surface area contributed by atoms with E-state index in [1.807, 2.05) is 35.2 Å². The third-order valence-corrected chi connectivity index (χ3v) is 6.86. The van der Waals surface area contributed by atoms with Crippen molar-refractivity contribution in [3.63, 3.8) is 0 Å². The van der Waals surface area contributed by atoms with Crippen molar-refractivity contribution in [3.05, 3.63) is 125 Å². The number of aromatic hydroxyl groups is 1. The Morgan fingerprint density at radius 1 is 0.684 bits per heavy atom. The first-order valence-electron chi connectivity index (χ1n) is 12.9. The first kappa shape index (κ1) is 25.2. The van der Waals surface area contributed by atoms with Crippen molar-refractivity contribution in [2.24, 2.45) is 0 Å². The summed E-state index contributed by atoms with van der Waals surface area (Å²) in [5.74, 6) is -0.171. The van der Waals surface area contributed by atoms with Crippen LogP contribution in [0.5, 0.6) is 5.75 Å². The molecule has 2 amide bonds. The van der Waals surface area contributed by atoms with E-state index in [1.54, 1.807) is 12.1 Å². The highest BCUT2D eigenvalue weighted by atomic mass is 16.3. The first-order valence-corrected chi connectivity index (χ1v) is 12.9. The average molecular weight is 506 g/mol. The van der Waals surface area contributed by atoms with Crippen LogP contribution in [0.3, 0.4) is 0 Å². The number of piperazine rings is 1. The standard InChI is InChI=1S/C32H31N3O3/c36-30-11-5-10-29(21-30)31(37)33-22-24-12-14-27(15-13-24)32(38)35-18-16-34(17-19-35)23-25-6-4-9-28(20-25)26-7-2-1-3-8-26/h1-15,20-21,36H,16-19,22-23H2,(H,33,37). The summed E-state index contributed by atoms with van der Waals surface area (Å²) >= 11 is 0. The van der Waals surface area contributed by atoms with Gasteiger partial charge in [-0.15, -0.1) is 0 Å². The molecular weight excluding hydrogens is 474 g/mol. The number of carbonyl (C=O) groups is 2. The Balaban J connectivity index is 1.11. The number of hydrogen-bond acceptors (Lipinski definition) is 4. The van der Waals surface area contributed by atoms with Gasteiger partial charge in [-0.05, 0) is 58.7 Å². The second-order valence-corrected chi connectivity index (χ2v) is 9.56. The average Bonchev–Trinajstić information content (AvgIpc) is 2.97. The molecule has 4 aromatic rings. The van der Waals surface area contributed by atoms with Crippen molar-refractivity contribution in [3.8, 4) is 16.9 Å². The second kappa shape index (κ2) is 11.8. The topological polar surface area (TPSA) is 72.9 Å². The Kier molecular flexibility index (Phi) is 7.81. The fourth-order valence-corrected chi connectivity index (χ4v) is 4.73. The van der Waals surface area contributed by atoms with E-state index in [0.717, 1.165) is 25.2 Å². The molecule has 0 bridgehead atoms. The molecule has 38 heavy (non-hydrogen) atoms. The molecule has 1 aliphatic rings. The van der Waals surface area contributed by atoms with Gasteiger partial charge in [-0.3, -0.25) is 14.5 Å². The summed E-state index contributed by atoms with van der Waals surface area (Å²) in [6.45, 7) is 4.26. The number of phenols is 1. The van der Waals surface area contributed by atoms with Crippen LogP contribution >= 0.6 is 0 Å². The minimum absolute atomic E-state index is 0.0334. The summed E-state index contributed by atoms with van der Waals surface area (Å²) in [4.78, 5) is 29.7. The SMILES string of the molecule is O=C(NCc1ccc(C(=O)N2CCN(Cc3cccc(-c4ccccc4)c3)CC2)cc1)c1cccc(O)c1. The zero-order valence-corrected chi connectivity index (χ0v) is 21.2. The number of phenolic OH excluding ortho intramolecular Hbond substituents is 1. The quantitative estimate of drug-likeness (QED) is 0.373. The molecule has 2 N–H and O–H groups in total. The van der Waals surface area contributed by atoms with Crippen LogP contribution in [-0.4, -0.2) is 52.9 Å². The van der Waals surface area contributed by atoms with Crippen molar-refractivity contribution in [2.75, 3.05) is 26.2 Å². The maximum atomic E-state index is 13.1. The third-order valence-electron chi connectivity index (χ3n) is 6.86. The summed E-state index contributed by atoms with van der Waals surface area (Å²) in [5.41, 5.74) is 5.67. The molecule has 6 heteroatoms. The molecule has 192 valence electrons. The van der Waals surface area contributed by atoms with Crippen LogP contribution in [0.4, 0.5) is 0 Å². The maximum absolute atomic E-state index is 13.1. The van der Waals surface area contributed by atoms with E-state index in [1.165, 1.54) is 28.8 Å². The van der Waals surface area contributed by atoms with Crippen molar-refractivity contribution < 1.29 is 14.7 Å². The Bertz CT molecular complexity index is 1400. The summed E-state index contributed by atoms with van der Waals surface area (Å²) in [6.07, 6.45) is 0. The number of benzene rings is 4. The maximum Gasteiger partial charge on any atom is 0.253 e. The number of amides is 2. The molecule has 0 spiro atoms. The van der Waals surface area contributed by atoms with E-state index in [4.69, 9.17) is 0 Å². The van der Waals surface area contributed by atoms with Gasteiger partial charge in [-0.25, -0.2) is 0 Å². The molecule has 1 fully saturated rings. The van der Waals surface area contributed by atoms with Crippen LogP contribution < -0.4 is 5.32 Å². The zero-order chi connectivity index (χ0) is 26.3. The summed E-state index contributed by atoms with van der Waals surface area (Å²) in [6, 6.07) is 32.7. The molecule has 0 aliphatic carbocycles. The minimum Gasteiger partial charge on any atom is -0.508 e. The molecule has 1 saturated heterocycles. The monoisotopic (exact) mass is 505 g/mol. The number of rotatable bonds is 7. The second-order valence-electron chi connectivity index (χ2n) is 9.56. The van der Waals surface area contributed by atoms with E-state index in [2.05, 4.69) is 58.7 Å². The lowest BCUT2D eigenvalue weighted by Crippen LogP contribution is -2.48. The van der Waals surface area contributed by atoms with Crippen LogP contribution in [0.1, 0.15) is 31.8 Å². The van der Waals surface area contributed by atoms with E-state index in [9.17, 15) is 14.7 Å². The van der Waals surface area contributed by atoms with Crippen molar-refractivity contribution >= 4 is 11.8 Å². The summed E-state index contributed by atoms with van der Waals surface area (Å²) in [7, 11) is 0. The molecule has 1 aliphatic heterocycles. The van der Waals surface area contributed by atoms with E-state index in [-0.39, 0.29) is 17.6 Å². The smallest absolute Gasteiger partial charge is 0.253 e. The van der Waals surface area contributed by atoms with Crippen molar-refractivity contribution in [2.45, 2.75) is 13.1 Å². The van der Waals surface area contributed by atoms with E-state index < -0.39 is 0 Å². The molecule has 0 atom stereocenters. The normalized spacial score (nSPS) is 13.7. The summed E-state index contributed by atoms with van der Waals surface area (Å²) < 4.78 is 0. The molecule has 1 heterocycles. The molecule has 4 aromatic carbocycles. The van der Waals surface area contributed by atoms with Gasteiger partial charge in [0.1, 0.15) is 5.75 Å². The predicted octanol–water partition coefficient (Wildman–Crippen LogP) is 4.95. The van der Waals surface area contributed by atoms with E-state index in [0.29, 0.717) is 30.8 Å². The van der Waals surface area contributed by atoms with Gasteiger partial charge in [0.2, 0.25) is 0 Å². The van der Waals surface area contributed by atoms with Crippen molar-refractivity contribution in [1.82, 2.24) is 15.1 Å². The third kappa shape index (κ3) is 6.28. The van der Waals surface area contributed by atoms with Crippen LogP contribution in [0.15, 0.2) is 103 Å². The molecule has 0 aromatic heterocycles. The van der Waals surface area contributed by atoms with Crippen LogP contribution in [0.25, 0.3) is 11.1 Å². The lowest BCUT2D eigenvalue weighted by atomic mass is 10.0. The van der Waals surface area contributed by atoms with Crippen molar-refractivity contribution in [1.29, 1.82) is 0 Å². The minimum atomic E-state index is -0.259. The highest BCUT2D eigenvalue weighted by Gasteiger charge is 2.22. The molecular formula is C32H31N3O3. The van der Waals surface area contributed by atoms with Gasteiger partial charge in [-0.1, -0.05) is 66.7 Å². The predicted molar refractivity (Wildman–Crippen MR) is 149 cm³/mol. The number of nitrogens with one attached hydrogen (secondary N) is 1. The fourth-order valence-electron chi connectivity index (χ4n) is 4.73. The van der Waals surface area contributed by atoms with Gasteiger partial charge in [0.15, 0.2) is 0 Å². The Hall–Kier alpha value is -4.42. The largest absolute Gasteiger partial charge is 0.508 e. The summed E-state index contributed by atoms with van der Waals surface area (Å²) in [5, 5.41) is 12.4. The van der Waals surface area contributed by atoms with Gasteiger partial charge in [0, 0.05) is 50.4 Å². The van der Waals surface area contributed by atoms with Crippen LogP contribution in [0.2, 0.25) is 0 Å².